The summed E-state index contributed by atoms with van der Waals surface area (Å²) in [4.78, 5) is 72.8. The van der Waals surface area contributed by atoms with Gasteiger partial charge in [-0.3, -0.25) is 37.3 Å². The van der Waals surface area contributed by atoms with Crippen LogP contribution in [0.3, 0.4) is 0 Å². The van der Waals surface area contributed by atoms with Crippen LogP contribution in [0.1, 0.15) is 349 Å². The van der Waals surface area contributed by atoms with E-state index < -0.39 is 97.5 Å². The quantitative estimate of drug-likeness (QED) is 0.0169. The largest absolute Gasteiger partial charge is 0.472 e. The lowest BCUT2D eigenvalue weighted by Crippen LogP contribution is -2.30. The first-order valence-corrected chi connectivity index (χ1v) is 42.2. The van der Waals surface area contributed by atoms with Crippen LogP contribution < -0.4 is 0 Å². The number of ether oxygens (including phenoxy) is 4. The van der Waals surface area contributed by atoms with Crippen LogP contribution >= 0.6 is 15.6 Å². The summed E-state index contributed by atoms with van der Waals surface area (Å²) >= 11 is 0. The lowest BCUT2D eigenvalue weighted by Gasteiger charge is -2.21. The first kappa shape index (κ1) is 94.5. The number of phosphoric acid groups is 2. The maximum atomic E-state index is 13.1. The molecule has 19 heteroatoms. The van der Waals surface area contributed by atoms with Gasteiger partial charge in [-0.15, -0.1) is 0 Å². The predicted octanol–water partition coefficient (Wildman–Crippen LogP) is 22.4. The van der Waals surface area contributed by atoms with E-state index in [0.717, 1.165) is 135 Å². The molecule has 0 aromatic carbocycles. The van der Waals surface area contributed by atoms with Crippen molar-refractivity contribution in [3.63, 3.8) is 0 Å². The Balaban J connectivity index is 5.30. The van der Waals surface area contributed by atoms with Crippen molar-refractivity contribution in [3.8, 4) is 0 Å². The lowest BCUT2D eigenvalue weighted by atomic mass is 10.0. The van der Waals surface area contributed by atoms with Crippen molar-refractivity contribution in [1.82, 2.24) is 0 Å². The smallest absolute Gasteiger partial charge is 0.462 e. The number of unbranched alkanes of at least 4 members (excludes halogenated alkanes) is 36. The van der Waals surface area contributed by atoms with Crippen LogP contribution in [0.25, 0.3) is 0 Å². The molecule has 0 aliphatic rings. The number of hydrogen-bond donors (Lipinski definition) is 3. The molecule has 570 valence electrons. The molecule has 0 amide bonds. The molecule has 5 unspecified atom stereocenters. The number of esters is 4. The minimum atomic E-state index is -4.98. The average Bonchev–Trinajstić information content (AvgIpc) is 1.00. The first-order valence-electron chi connectivity index (χ1n) is 39.2. The molecule has 98 heavy (non-hydrogen) atoms. The van der Waals surface area contributed by atoms with Crippen LogP contribution in [0.4, 0.5) is 0 Å². The number of carbonyl (C=O) groups excluding carboxylic acids is 4. The van der Waals surface area contributed by atoms with E-state index in [0.29, 0.717) is 25.7 Å². The Morgan fingerprint density at radius 1 is 0.296 bits per heavy atom. The normalized spacial score (nSPS) is 14.3. The predicted molar refractivity (Wildman–Crippen MR) is 400 cm³/mol. The van der Waals surface area contributed by atoms with Gasteiger partial charge in [-0.05, 0) is 89.9 Å². The fourth-order valence-corrected chi connectivity index (χ4v) is 12.3. The van der Waals surface area contributed by atoms with E-state index in [4.69, 9.17) is 37.0 Å². The number of carbonyl (C=O) groups is 4. The second kappa shape index (κ2) is 71.9. The van der Waals surface area contributed by atoms with Crippen molar-refractivity contribution < 1.29 is 80.2 Å². The van der Waals surface area contributed by atoms with E-state index >= 15 is 0 Å². The minimum absolute atomic E-state index is 0.0789. The number of phosphoric ester groups is 2. The van der Waals surface area contributed by atoms with Gasteiger partial charge < -0.3 is 33.8 Å². The number of aliphatic hydroxyl groups is 1. The summed E-state index contributed by atoms with van der Waals surface area (Å²) < 4.78 is 68.5. The van der Waals surface area contributed by atoms with Crippen molar-refractivity contribution in [2.24, 2.45) is 0 Å². The van der Waals surface area contributed by atoms with Crippen molar-refractivity contribution >= 4 is 39.5 Å². The molecule has 0 fully saturated rings. The highest BCUT2D eigenvalue weighted by atomic mass is 31.2. The van der Waals surface area contributed by atoms with Gasteiger partial charge in [-0.1, -0.05) is 306 Å². The highest BCUT2D eigenvalue weighted by Gasteiger charge is 2.30. The Bertz CT molecular complexity index is 2140. The highest BCUT2D eigenvalue weighted by molar-refractivity contribution is 7.47. The number of aliphatic hydroxyl groups excluding tert-OH is 1. The van der Waals surface area contributed by atoms with Gasteiger partial charge in [0.15, 0.2) is 12.2 Å². The zero-order chi connectivity index (χ0) is 71.8. The maximum absolute atomic E-state index is 13.1. The van der Waals surface area contributed by atoms with Crippen LogP contribution in [-0.2, 0) is 65.4 Å². The molecule has 0 saturated heterocycles. The van der Waals surface area contributed by atoms with Gasteiger partial charge in [0.2, 0.25) is 0 Å². The summed E-state index contributed by atoms with van der Waals surface area (Å²) in [6.45, 7) is 4.73. The fourth-order valence-electron chi connectivity index (χ4n) is 10.7. The average molecular weight is 1430 g/mol. The third kappa shape index (κ3) is 70.9. The molecule has 3 N–H and O–H groups in total. The van der Waals surface area contributed by atoms with Gasteiger partial charge in [0, 0.05) is 25.7 Å². The molecule has 0 aliphatic heterocycles. The summed E-state index contributed by atoms with van der Waals surface area (Å²) in [5, 5.41) is 10.6. The molecule has 0 spiro atoms. The molecule has 0 heterocycles. The highest BCUT2D eigenvalue weighted by Crippen LogP contribution is 2.45. The van der Waals surface area contributed by atoms with Crippen LogP contribution in [0.2, 0.25) is 0 Å². The van der Waals surface area contributed by atoms with E-state index in [1.807, 2.05) is 0 Å². The summed E-state index contributed by atoms with van der Waals surface area (Å²) in [5.74, 6) is -2.19. The molecule has 0 rings (SSSR count). The van der Waals surface area contributed by atoms with Crippen LogP contribution in [0, 0.1) is 0 Å². The molecule has 17 nitrogen and oxygen atoms in total. The van der Waals surface area contributed by atoms with Gasteiger partial charge in [-0.2, -0.15) is 0 Å². The zero-order valence-corrected chi connectivity index (χ0v) is 64.0. The minimum Gasteiger partial charge on any atom is -0.462 e. The molecular weight excluding hydrogens is 1280 g/mol. The van der Waals surface area contributed by atoms with E-state index in [1.165, 1.54) is 135 Å². The van der Waals surface area contributed by atoms with E-state index in [2.05, 4.69) is 101 Å². The summed E-state index contributed by atoms with van der Waals surface area (Å²) in [7, 11) is -9.94. The zero-order valence-electron chi connectivity index (χ0n) is 62.2. The van der Waals surface area contributed by atoms with Crippen molar-refractivity contribution in [2.75, 3.05) is 39.6 Å². The Morgan fingerprint density at radius 2 is 0.541 bits per heavy atom. The molecule has 0 saturated carbocycles. The molecule has 0 aromatic rings. The molecule has 0 bridgehead atoms. The number of hydrogen-bond acceptors (Lipinski definition) is 15. The third-order valence-electron chi connectivity index (χ3n) is 16.7. The van der Waals surface area contributed by atoms with Crippen molar-refractivity contribution in [1.29, 1.82) is 0 Å². The topological polar surface area (TPSA) is 237 Å². The molecular formula is C79H142O17P2. The van der Waals surface area contributed by atoms with Crippen molar-refractivity contribution in [3.05, 3.63) is 72.9 Å². The maximum Gasteiger partial charge on any atom is 0.472 e. The second-order valence-corrected chi connectivity index (χ2v) is 29.2. The van der Waals surface area contributed by atoms with E-state index in [1.54, 1.807) is 0 Å². The number of allylic oxidation sites excluding steroid dienone is 12. The van der Waals surface area contributed by atoms with Crippen LogP contribution in [0.15, 0.2) is 72.9 Å². The standard InChI is InChI=1S/C79H142O17P2/c1-5-9-13-17-21-25-29-32-34-35-36-37-39-42-45-48-52-56-60-64-77(82)89-69-74(95-78(83)65-61-57-53-49-43-28-24-20-16-12-8-4)71-93-97(85,86)91-67-73(80)68-92-98(87,88)94-72-75(96-79(84)66-62-58-54-50-46-40-31-27-23-19-15-11-7-3)70-90-76(81)63-59-55-51-47-44-41-38-33-30-26-22-18-14-10-6-2/h9,13,20-21,24-25,32,34,36-37,42,45,73-75,80H,5-8,10-12,14-19,22-23,26-31,33,35,38-41,43-44,46-72H2,1-4H3,(H,85,86)(H,87,88)/b13-9-,24-20-,25-21-,34-32-,37-36-,45-42-. The van der Waals surface area contributed by atoms with Gasteiger partial charge in [0.25, 0.3) is 0 Å². The van der Waals surface area contributed by atoms with E-state index in [-0.39, 0.29) is 25.7 Å². The SMILES string of the molecule is CC/C=C\C/C=C\C/C=C\C/C=C\C/C=C\CCCCCC(=O)OCC(COP(=O)(O)OCC(O)COP(=O)(O)OCC(COC(=O)CCCCCCCCCCCCCCCCC)OC(=O)CCCCCCCCCCCCCCC)OC(=O)CCCCCCC/C=C\CCCC. The third-order valence-corrected chi connectivity index (χ3v) is 18.6. The van der Waals surface area contributed by atoms with Crippen LogP contribution in [-0.4, -0.2) is 96.7 Å². The van der Waals surface area contributed by atoms with Gasteiger partial charge in [-0.25, -0.2) is 9.13 Å². The Labute approximate surface area is 596 Å². The number of rotatable bonds is 74. The van der Waals surface area contributed by atoms with Gasteiger partial charge >= 0.3 is 39.5 Å². The first-order chi connectivity index (χ1) is 47.7. The summed E-state index contributed by atoms with van der Waals surface area (Å²) in [6.07, 6.45) is 71.8. The van der Waals surface area contributed by atoms with Crippen molar-refractivity contribution in [2.45, 2.75) is 367 Å². The molecule has 0 radical (unpaired) electrons. The lowest BCUT2D eigenvalue weighted by molar-refractivity contribution is -0.161. The van der Waals surface area contributed by atoms with Gasteiger partial charge in [0.1, 0.15) is 19.3 Å². The molecule has 0 aromatic heterocycles. The molecule has 5 atom stereocenters. The Kier molecular flexibility index (Phi) is 69.3. The Morgan fingerprint density at radius 3 is 0.867 bits per heavy atom. The van der Waals surface area contributed by atoms with Gasteiger partial charge in [0.05, 0.1) is 26.4 Å². The second-order valence-electron chi connectivity index (χ2n) is 26.3. The fraction of sp³-hybridized carbons (Fsp3) is 0.797. The summed E-state index contributed by atoms with van der Waals surface area (Å²) in [6, 6.07) is 0. The molecule has 0 aliphatic carbocycles. The monoisotopic (exact) mass is 1420 g/mol. The van der Waals surface area contributed by atoms with Crippen LogP contribution in [0.5, 0.6) is 0 Å². The van der Waals surface area contributed by atoms with E-state index in [9.17, 15) is 43.2 Å². The Hall–Kier alpha value is -3.50. The summed E-state index contributed by atoms with van der Waals surface area (Å²) in [5.41, 5.74) is 0.